The van der Waals surface area contributed by atoms with Crippen LogP contribution in [0.5, 0.6) is 0 Å². The van der Waals surface area contributed by atoms with E-state index >= 15 is 0 Å². The molecule has 1 aromatic rings. The molecule has 0 N–H and O–H groups in total. The predicted molar refractivity (Wildman–Crippen MR) is 92.9 cm³/mol. The Hall–Kier alpha value is -1.01. The summed E-state index contributed by atoms with van der Waals surface area (Å²) in [7, 11) is 0. The molecule has 5 nitrogen and oxygen atoms in total. The summed E-state index contributed by atoms with van der Waals surface area (Å²) < 4.78 is 17.8. The van der Waals surface area contributed by atoms with Gasteiger partial charge < -0.3 is 19.1 Å². The number of hydrogen-bond acceptors (Lipinski definition) is 5. The second kappa shape index (κ2) is 8.90. The molecule has 0 radical (unpaired) electrons. The van der Waals surface area contributed by atoms with Crippen LogP contribution in [0.15, 0.2) is 24.5 Å². The van der Waals surface area contributed by atoms with Gasteiger partial charge in [0.05, 0.1) is 25.9 Å². The van der Waals surface area contributed by atoms with Crippen molar-refractivity contribution in [1.82, 2.24) is 9.88 Å². The van der Waals surface area contributed by atoms with Gasteiger partial charge in [-0.05, 0) is 37.8 Å². The van der Waals surface area contributed by atoms with Crippen molar-refractivity contribution in [1.29, 1.82) is 0 Å². The summed E-state index contributed by atoms with van der Waals surface area (Å²) >= 11 is 0. The number of ether oxygens (including phenoxy) is 3. The SMILES string of the molecule is CCOCCN1CCC2OCCCC2(COCc2cccnc2)C1. The van der Waals surface area contributed by atoms with Crippen LogP contribution in [0.4, 0.5) is 0 Å². The van der Waals surface area contributed by atoms with Crippen LogP contribution in [0.25, 0.3) is 0 Å². The van der Waals surface area contributed by atoms with Gasteiger partial charge in [0.1, 0.15) is 0 Å². The van der Waals surface area contributed by atoms with E-state index in [-0.39, 0.29) is 5.41 Å². The van der Waals surface area contributed by atoms with Crippen LogP contribution >= 0.6 is 0 Å². The summed E-state index contributed by atoms with van der Waals surface area (Å²) in [4.78, 5) is 6.68. The molecule has 0 saturated carbocycles. The summed E-state index contributed by atoms with van der Waals surface area (Å²) in [6.45, 7) is 9.10. The Balaban J connectivity index is 1.56. The summed E-state index contributed by atoms with van der Waals surface area (Å²) in [5, 5.41) is 0. The molecule has 2 fully saturated rings. The Morgan fingerprint density at radius 3 is 3.21 bits per heavy atom. The number of fused-ring (bicyclic) bond motifs is 1. The van der Waals surface area contributed by atoms with E-state index in [1.165, 1.54) is 6.42 Å². The molecule has 0 bridgehead atoms. The maximum Gasteiger partial charge on any atom is 0.0732 e. The van der Waals surface area contributed by atoms with Gasteiger partial charge in [-0.2, -0.15) is 0 Å². The highest BCUT2D eigenvalue weighted by atomic mass is 16.5. The van der Waals surface area contributed by atoms with Crippen molar-refractivity contribution < 1.29 is 14.2 Å². The van der Waals surface area contributed by atoms with Crippen molar-refractivity contribution in [2.24, 2.45) is 5.41 Å². The van der Waals surface area contributed by atoms with Crippen LogP contribution < -0.4 is 0 Å². The molecule has 0 aliphatic carbocycles. The molecule has 5 heteroatoms. The largest absolute Gasteiger partial charge is 0.380 e. The second-order valence-electron chi connectivity index (χ2n) is 6.94. The number of aromatic nitrogens is 1. The first kappa shape index (κ1) is 17.8. The monoisotopic (exact) mass is 334 g/mol. The molecule has 2 saturated heterocycles. The molecule has 24 heavy (non-hydrogen) atoms. The number of hydrogen-bond donors (Lipinski definition) is 0. The number of pyridine rings is 1. The van der Waals surface area contributed by atoms with Crippen molar-refractivity contribution in [2.75, 3.05) is 46.1 Å². The molecule has 2 aliphatic rings. The fourth-order valence-corrected chi connectivity index (χ4v) is 3.98. The zero-order valence-corrected chi connectivity index (χ0v) is 14.8. The van der Waals surface area contributed by atoms with E-state index in [1.807, 2.05) is 12.3 Å². The van der Waals surface area contributed by atoms with E-state index in [9.17, 15) is 0 Å². The molecule has 3 heterocycles. The molecule has 2 atom stereocenters. The van der Waals surface area contributed by atoms with Crippen LogP contribution in [-0.2, 0) is 20.8 Å². The van der Waals surface area contributed by atoms with Crippen molar-refractivity contribution in [3.8, 4) is 0 Å². The van der Waals surface area contributed by atoms with Crippen molar-refractivity contribution in [3.63, 3.8) is 0 Å². The highest BCUT2D eigenvalue weighted by molar-refractivity contribution is 5.07. The maximum absolute atomic E-state index is 6.12. The molecule has 2 aliphatic heterocycles. The van der Waals surface area contributed by atoms with Crippen molar-refractivity contribution in [2.45, 2.75) is 38.9 Å². The third-order valence-electron chi connectivity index (χ3n) is 5.20. The molecule has 0 aromatic carbocycles. The second-order valence-corrected chi connectivity index (χ2v) is 6.94. The van der Waals surface area contributed by atoms with Crippen LogP contribution in [-0.4, -0.2) is 62.0 Å². The third-order valence-corrected chi connectivity index (χ3v) is 5.20. The summed E-state index contributed by atoms with van der Waals surface area (Å²) in [6.07, 6.45) is 7.43. The van der Waals surface area contributed by atoms with Gasteiger partial charge in [-0.3, -0.25) is 4.98 Å². The van der Waals surface area contributed by atoms with Crippen molar-refractivity contribution in [3.05, 3.63) is 30.1 Å². The van der Waals surface area contributed by atoms with Gasteiger partial charge >= 0.3 is 0 Å². The Bertz CT molecular complexity index is 483. The van der Waals surface area contributed by atoms with Gasteiger partial charge in [0.15, 0.2) is 0 Å². The zero-order valence-electron chi connectivity index (χ0n) is 14.8. The standard InChI is InChI=1S/C19H30N2O3/c1-2-22-12-10-21-9-6-18-19(15-21,7-4-11-24-18)16-23-14-17-5-3-8-20-13-17/h3,5,8,13,18H,2,4,6-7,9-12,14-16H2,1H3. The molecule has 3 rings (SSSR count). The predicted octanol–water partition coefficient (Wildman–Crippen LogP) is 2.51. The van der Waals surface area contributed by atoms with Crippen LogP contribution in [0, 0.1) is 5.41 Å². The Kier molecular flexibility index (Phi) is 6.60. The van der Waals surface area contributed by atoms with E-state index in [0.29, 0.717) is 12.7 Å². The van der Waals surface area contributed by atoms with Crippen LogP contribution in [0.1, 0.15) is 31.7 Å². The summed E-state index contributed by atoms with van der Waals surface area (Å²) in [5.74, 6) is 0. The van der Waals surface area contributed by atoms with Gasteiger partial charge in [-0.1, -0.05) is 6.07 Å². The lowest BCUT2D eigenvalue weighted by Gasteiger charge is -2.50. The first-order valence-corrected chi connectivity index (χ1v) is 9.21. The number of piperidine rings is 1. The van der Waals surface area contributed by atoms with Crippen molar-refractivity contribution >= 4 is 0 Å². The van der Waals surface area contributed by atoms with Gasteiger partial charge in [-0.15, -0.1) is 0 Å². The fourth-order valence-electron chi connectivity index (χ4n) is 3.98. The fraction of sp³-hybridized carbons (Fsp3) is 0.737. The highest BCUT2D eigenvalue weighted by Gasteiger charge is 2.45. The normalized spacial score (nSPS) is 27.8. The molecule has 0 amide bonds. The zero-order chi connectivity index (χ0) is 16.7. The lowest BCUT2D eigenvalue weighted by atomic mass is 9.73. The minimum absolute atomic E-state index is 0.130. The highest BCUT2D eigenvalue weighted by Crippen LogP contribution is 2.40. The molecule has 0 spiro atoms. The molecule has 134 valence electrons. The smallest absolute Gasteiger partial charge is 0.0732 e. The molecule has 1 aromatic heterocycles. The maximum atomic E-state index is 6.12. The van der Waals surface area contributed by atoms with Gasteiger partial charge in [0, 0.05) is 50.7 Å². The lowest BCUT2D eigenvalue weighted by molar-refractivity contribution is -0.155. The van der Waals surface area contributed by atoms with E-state index in [0.717, 1.165) is 64.5 Å². The number of rotatable bonds is 8. The van der Waals surface area contributed by atoms with Gasteiger partial charge in [0.25, 0.3) is 0 Å². The van der Waals surface area contributed by atoms with Crippen LogP contribution in [0.2, 0.25) is 0 Å². The first-order chi connectivity index (χ1) is 11.8. The van der Waals surface area contributed by atoms with Crippen LogP contribution in [0.3, 0.4) is 0 Å². The Morgan fingerprint density at radius 2 is 2.38 bits per heavy atom. The summed E-state index contributed by atoms with van der Waals surface area (Å²) in [5.41, 5.74) is 1.26. The average Bonchev–Trinajstić information content (AvgIpc) is 2.62. The van der Waals surface area contributed by atoms with E-state index in [1.54, 1.807) is 6.20 Å². The quantitative estimate of drug-likeness (QED) is 0.684. The van der Waals surface area contributed by atoms with E-state index in [4.69, 9.17) is 14.2 Å². The lowest BCUT2D eigenvalue weighted by Crippen LogP contribution is -2.57. The molecule has 2 unspecified atom stereocenters. The van der Waals surface area contributed by atoms with Gasteiger partial charge in [0.2, 0.25) is 0 Å². The first-order valence-electron chi connectivity index (χ1n) is 9.21. The third kappa shape index (κ3) is 4.54. The molecular formula is C19H30N2O3. The topological polar surface area (TPSA) is 43.8 Å². The minimum atomic E-state index is 0.130. The number of nitrogens with zero attached hydrogens (tertiary/aromatic N) is 2. The van der Waals surface area contributed by atoms with Gasteiger partial charge in [-0.25, -0.2) is 0 Å². The van der Waals surface area contributed by atoms with E-state index < -0.39 is 0 Å². The number of likely N-dealkylation sites (tertiary alicyclic amines) is 1. The Labute approximate surface area is 145 Å². The minimum Gasteiger partial charge on any atom is -0.380 e. The molecular weight excluding hydrogens is 304 g/mol. The Morgan fingerprint density at radius 1 is 1.42 bits per heavy atom. The van der Waals surface area contributed by atoms with E-state index in [2.05, 4.69) is 22.9 Å². The summed E-state index contributed by atoms with van der Waals surface area (Å²) in [6, 6.07) is 4.02. The average molecular weight is 334 g/mol.